The molecule has 1 amide bonds. The maximum Gasteiger partial charge on any atom is 0.241 e. The molecule has 4 rings (SSSR count). The van der Waals surface area contributed by atoms with Crippen LogP contribution in [0.1, 0.15) is 29.9 Å². The molecule has 0 saturated carbocycles. The molecule has 3 aromatic rings. The summed E-state index contributed by atoms with van der Waals surface area (Å²) < 4.78 is 0. The molecule has 0 spiro atoms. The molecule has 0 aliphatic carbocycles. The summed E-state index contributed by atoms with van der Waals surface area (Å²) in [4.78, 5) is 33.5. The van der Waals surface area contributed by atoms with E-state index in [1.54, 1.807) is 35.6 Å². The molecule has 1 atom stereocenters. The van der Waals surface area contributed by atoms with Crippen molar-refractivity contribution in [2.45, 2.75) is 26.4 Å². The van der Waals surface area contributed by atoms with Gasteiger partial charge in [0.15, 0.2) is 5.78 Å². The molecule has 7 heteroatoms. The van der Waals surface area contributed by atoms with Crippen molar-refractivity contribution in [1.29, 1.82) is 0 Å². The zero-order chi connectivity index (χ0) is 22.5. The van der Waals surface area contributed by atoms with Gasteiger partial charge in [-0.3, -0.25) is 19.4 Å². The fourth-order valence-corrected chi connectivity index (χ4v) is 4.65. The predicted octanol–water partition coefficient (Wildman–Crippen LogP) is 4.16. The van der Waals surface area contributed by atoms with Crippen molar-refractivity contribution < 1.29 is 9.59 Å². The Morgan fingerprint density at radius 3 is 2.38 bits per heavy atom. The Hall–Kier alpha value is -2.87. The summed E-state index contributed by atoms with van der Waals surface area (Å²) in [6.45, 7) is 7.81. The van der Waals surface area contributed by atoms with Gasteiger partial charge in [-0.25, -0.2) is 4.98 Å². The summed E-state index contributed by atoms with van der Waals surface area (Å²) in [7, 11) is 0. The molecule has 0 bridgehead atoms. The number of aromatic nitrogens is 1. The van der Waals surface area contributed by atoms with Gasteiger partial charge in [-0.2, -0.15) is 0 Å². The Bertz CT molecular complexity index is 1060. The highest BCUT2D eigenvalue weighted by Gasteiger charge is 2.26. The van der Waals surface area contributed by atoms with Crippen molar-refractivity contribution >= 4 is 28.7 Å². The maximum absolute atomic E-state index is 12.7. The third kappa shape index (κ3) is 5.48. The van der Waals surface area contributed by atoms with Gasteiger partial charge in [-0.1, -0.05) is 30.3 Å². The number of thiazole rings is 1. The SMILES string of the molecule is CC(=O)c1ccc(NC(=O)[C@@H](C)N2CCN(Cc3csc(-c4ccccc4)n3)CC2)cc1. The Labute approximate surface area is 192 Å². The molecule has 0 radical (unpaired) electrons. The van der Waals surface area contributed by atoms with Crippen molar-refractivity contribution in [3.05, 3.63) is 71.2 Å². The van der Waals surface area contributed by atoms with Crippen LogP contribution in [0.25, 0.3) is 10.6 Å². The van der Waals surface area contributed by atoms with Crippen LogP contribution >= 0.6 is 11.3 Å². The molecule has 1 aliphatic rings. The van der Waals surface area contributed by atoms with Crippen LogP contribution in [0.2, 0.25) is 0 Å². The normalized spacial score (nSPS) is 15.9. The van der Waals surface area contributed by atoms with E-state index < -0.39 is 0 Å². The molecule has 1 fully saturated rings. The Balaban J connectivity index is 1.26. The minimum absolute atomic E-state index is 0.0167. The lowest BCUT2D eigenvalue weighted by Gasteiger charge is -2.37. The number of anilines is 1. The number of benzene rings is 2. The zero-order valence-corrected chi connectivity index (χ0v) is 19.3. The smallest absolute Gasteiger partial charge is 0.241 e. The highest BCUT2D eigenvalue weighted by molar-refractivity contribution is 7.13. The van der Waals surface area contributed by atoms with E-state index in [1.807, 2.05) is 25.1 Å². The zero-order valence-electron chi connectivity index (χ0n) is 18.5. The molecule has 6 nitrogen and oxygen atoms in total. The van der Waals surface area contributed by atoms with Gasteiger partial charge in [-0.05, 0) is 38.1 Å². The number of nitrogens with zero attached hydrogens (tertiary/aromatic N) is 3. The number of amides is 1. The topological polar surface area (TPSA) is 65.5 Å². The number of piperazine rings is 1. The van der Waals surface area contributed by atoms with Crippen LogP contribution in [0.3, 0.4) is 0 Å². The van der Waals surface area contributed by atoms with E-state index >= 15 is 0 Å². The number of carbonyl (C=O) groups is 2. The monoisotopic (exact) mass is 448 g/mol. The lowest BCUT2D eigenvalue weighted by molar-refractivity contribution is -0.121. The van der Waals surface area contributed by atoms with Gasteiger partial charge < -0.3 is 5.32 Å². The van der Waals surface area contributed by atoms with E-state index in [9.17, 15) is 9.59 Å². The third-order valence-electron chi connectivity index (χ3n) is 5.85. The summed E-state index contributed by atoms with van der Waals surface area (Å²) in [5.74, 6) is -0.0101. The van der Waals surface area contributed by atoms with Gasteiger partial charge >= 0.3 is 0 Å². The van der Waals surface area contributed by atoms with Gasteiger partial charge in [0.25, 0.3) is 0 Å². The number of carbonyl (C=O) groups excluding carboxylic acids is 2. The van der Waals surface area contributed by atoms with Crippen LogP contribution in [0, 0.1) is 0 Å². The van der Waals surface area contributed by atoms with Crippen molar-refractivity contribution in [2.24, 2.45) is 0 Å². The van der Waals surface area contributed by atoms with E-state index in [4.69, 9.17) is 4.98 Å². The first-order valence-corrected chi connectivity index (χ1v) is 11.8. The standard InChI is InChI=1S/C25H28N4O2S/c1-18(24(31)26-22-10-8-20(9-11-22)19(2)30)29-14-12-28(13-15-29)16-23-17-32-25(27-23)21-6-4-3-5-7-21/h3-11,17-18H,12-16H2,1-2H3,(H,26,31)/t18-/m1/s1. The van der Waals surface area contributed by atoms with Gasteiger partial charge in [-0.15, -0.1) is 11.3 Å². The van der Waals surface area contributed by atoms with E-state index in [1.165, 1.54) is 6.92 Å². The van der Waals surface area contributed by atoms with Gasteiger partial charge in [0.2, 0.25) is 5.91 Å². The lowest BCUT2D eigenvalue weighted by atomic mass is 10.1. The molecule has 2 aromatic carbocycles. The largest absolute Gasteiger partial charge is 0.325 e. The molecule has 1 N–H and O–H groups in total. The van der Waals surface area contributed by atoms with E-state index in [-0.39, 0.29) is 17.7 Å². The number of hydrogen-bond acceptors (Lipinski definition) is 6. The third-order valence-corrected chi connectivity index (χ3v) is 6.79. The van der Waals surface area contributed by atoms with Gasteiger partial charge in [0.1, 0.15) is 5.01 Å². The number of ketones is 1. The summed E-state index contributed by atoms with van der Waals surface area (Å²) >= 11 is 1.68. The second-order valence-electron chi connectivity index (χ2n) is 8.12. The van der Waals surface area contributed by atoms with E-state index in [0.29, 0.717) is 11.3 Å². The quantitative estimate of drug-likeness (QED) is 0.550. The molecule has 1 saturated heterocycles. The van der Waals surface area contributed by atoms with Gasteiger partial charge in [0.05, 0.1) is 11.7 Å². The molecule has 2 heterocycles. The van der Waals surface area contributed by atoms with Crippen LogP contribution in [0.4, 0.5) is 5.69 Å². The minimum Gasteiger partial charge on any atom is -0.325 e. The Morgan fingerprint density at radius 2 is 1.72 bits per heavy atom. The first-order valence-electron chi connectivity index (χ1n) is 10.9. The summed E-state index contributed by atoms with van der Waals surface area (Å²) in [5, 5.41) is 6.16. The van der Waals surface area contributed by atoms with E-state index in [0.717, 1.165) is 49.0 Å². The summed E-state index contributed by atoms with van der Waals surface area (Å²) in [6.07, 6.45) is 0. The van der Waals surface area contributed by atoms with E-state index in [2.05, 4.69) is 32.6 Å². The second kappa shape index (κ2) is 10.2. The highest BCUT2D eigenvalue weighted by atomic mass is 32.1. The van der Waals surface area contributed by atoms with Crippen molar-refractivity contribution in [2.75, 3.05) is 31.5 Å². The maximum atomic E-state index is 12.7. The molecular weight excluding hydrogens is 420 g/mol. The average molecular weight is 449 g/mol. The average Bonchev–Trinajstić information content (AvgIpc) is 3.28. The molecular formula is C25H28N4O2S. The molecule has 0 unspecified atom stereocenters. The van der Waals surface area contributed by atoms with Crippen molar-refractivity contribution in [3.63, 3.8) is 0 Å². The van der Waals surface area contributed by atoms with Crippen LogP contribution < -0.4 is 5.32 Å². The molecule has 1 aromatic heterocycles. The molecule has 32 heavy (non-hydrogen) atoms. The number of hydrogen-bond donors (Lipinski definition) is 1. The van der Waals surface area contributed by atoms with Crippen LogP contribution in [0.5, 0.6) is 0 Å². The predicted molar refractivity (Wildman–Crippen MR) is 129 cm³/mol. The number of nitrogens with one attached hydrogen (secondary N) is 1. The van der Waals surface area contributed by atoms with Crippen LogP contribution in [-0.2, 0) is 11.3 Å². The fraction of sp³-hybridized carbons (Fsp3) is 0.320. The molecule has 166 valence electrons. The highest BCUT2D eigenvalue weighted by Crippen LogP contribution is 2.24. The minimum atomic E-state index is -0.214. The van der Waals surface area contributed by atoms with Crippen molar-refractivity contribution in [3.8, 4) is 10.6 Å². The fourth-order valence-electron chi connectivity index (χ4n) is 3.83. The van der Waals surface area contributed by atoms with Crippen molar-refractivity contribution in [1.82, 2.24) is 14.8 Å². The second-order valence-corrected chi connectivity index (χ2v) is 8.98. The summed E-state index contributed by atoms with van der Waals surface area (Å²) in [5.41, 5.74) is 3.61. The van der Waals surface area contributed by atoms with Gasteiger partial charge in [0, 0.05) is 54.9 Å². The lowest BCUT2D eigenvalue weighted by Crippen LogP contribution is -2.52. The number of rotatable bonds is 7. The first kappa shape index (κ1) is 22.3. The van der Waals surface area contributed by atoms with Crippen LogP contribution in [0.15, 0.2) is 60.0 Å². The first-order chi connectivity index (χ1) is 15.5. The molecule has 1 aliphatic heterocycles. The Morgan fingerprint density at radius 1 is 1.03 bits per heavy atom. The Kier molecular flexibility index (Phi) is 7.09. The number of Topliss-reactive ketones (excluding diaryl/α,β-unsaturated/α-hetero) is 1. The summed E-state index contributed by atoms with van der Waals surface area (Å²) in [6, 6.07) is 17.1. The van der Waals surface area contributed by atoms with Crippen LogP contribution in [-0.4, -0.2) is 58.7 Å².